The van der Waals surface area contributed by atoms with Gasteiger partial charge < -0.3 is 5.11 Å². The number of benzene rings is 1. The maximum atomic E-state index is 11.6. The van der Waals surface area contributed by atoms with E-state index in [1.807, 2.05) is 12.1 Å². The summed E-state index contributed by atoms with van der Waals surface area (Å²) in [6.45, 7) is 0. The molecule has 1 aromatic carbocycles. The molecule has 3 nitrogen and oxygen atoms in total. The second-order valence-electron chi connectivity index (χ2n) is 8.52. The first kappa shape index (κ1) is 20.2. The van der Waals surface area contributed by atoms with Crippen LogP contribution in [0.25, 0.3) is 0 Å². The fourth-order valence-corrected chi connectivity index (χ4v) is 6.08. The van der Waals surface area contributed by atoms with Gasteiger partial charge >= 0.3 is 5.97 Å². The van der Waals surface area contributed by atoms with Crippen molar-refractivity contribution in [2.45, 2.75) is 76.0 Å². The molecule has 0 amide bonds. The third-order valence-electron chi connectivity index (χ3n) is 7.37. The van der Waals surface area contributed by atoms with Crippen molar-refractivity contribution in [2.75, 3.05) is 5.88 Å². The van der Waals surface area contributed by atoms with Gasteiger partial charge in [0.05, 0.1) is 17.6 Å². The zero-order chi connectivity index (χ0) is 19.3. The fourth-order valence-electron chi connectivity index (χ4n) is 5.95. The molecule has 1 aromatic rings. The van der Waals surface area contributed by atoms with E-state index in [4.69, 9.17) is 11.6 Å². The standard InChI is InChI=1S/C23H30ClNO2/c24-16-4-13-22(11-2-1-3-12-22)23(14-9-19(10-15-23)21(26)27)20-7-5-18(17-25)6-8-20/h5-8,19H,1-4,9-16H2,(H,26,27). The molecule has 27 heavy (non-hydrogen) atoms. The van der Waals surface area contributed by atoms with Crippen LogP contribution in [0.4, 0.5) is 0 Å². The summed E-state index contributed by atoms with van der Waals surface area (Å²) >= 11 is 6.10. The Balaban J connectivity index is 2.02. The first-order valence-electron chi connectivity index (χ1n) is 10.4. The SMILES string of the molecule is N#Cc1ccc(C2(C3(CCCCl)CCCCC3)CCC(C(=O)O)CC2)cc1. The van der Waals surface area contributed by atoms with E-state index in [-0.39, 0.29) is 16.7 Å². The van der Waals surface area contributed by atoms with E-state index in [0.29, 0.717) is 11.4 Å². The number of hydrogen-bond acceptors (Lipinski definition) is 2. The zero-order valence-electron chi connectivity index (χ0n) is 16.1. The summed E-state index contributed by atoms with van der Waals surface area (Å²) in [5.41, 5.74) is 2.21. The molecule has 0 radical (unpaired) electrons. The van der Waals surface area contributed by atoms with Crippen molar-refractivity contribution in [3.8, 4) is 6.07 Å². The average molecular weight is 388 g/mol. The number of halogens is 1. The van der Waals surface area contributed by atoms with E-state index in [9.17, 15) is 15.2 Å². The molecule has 146 valence electrons. The maximum absolute atomic E-state index is 11.6. The van der Waals surface area contributed by atoms with Gasteiger partial charge in [-0.15, -0.1) is 11.6 Å². The highest BCUT2D eigenvalue weighted by atomic mass is 35.5. The Morgan fingerprint density at radius 3 is 2.26 bits per heavy atom. The number of aliphatic carboxylic acids is 1. The van der Waals surface area contributed by atoms with Crippen LogP contribution in [0.5, 0.6) is 0 Å². The number of carboxylic acids is 1. The van der Waals surface area contributed by atoms with Crippen LogP contribution in [-0.4, -0.2) is 17.0 Å². The number of hydrogen-bond donors (Lipinski definition) is 1. The minimum atomic E-state index is -0.651. The molecule has 0 saturated heterocycles. The Hall–Kier alpha value is -1.53. The lowest BCUT2D eigenvalue weighted by atomic mass is 9.48. The third-order valence-corrected chi connectivity index (χ3v) is 7.64. The quantitative estimate of drug-likeness (QED) is 0.605. The van der Waals surface area contributed by atoms with Crippen LogP contribution in [0.15, 0.2) is 24.3 Å². The predicted molar refractivity (Wildman–Crippen MR) is 108 cm³/mol. The van der Waals surface area contributed by atoms with Crippen molar-refractivity contribution in [1.29, 1.82) is 5.26 Å². The van der Waals surface area contributed by atoms with Crippen LogP contribution < -0.4 is 0 Å². The molecule has 0 spiro atoms. The highest BCUT2D eigenvalue weighted by Gasteiger charge is 2.53. The normalized spacial score (nSPS) is 27.6. The van der Waals surface area contributed by atoms with E-state index < -0.39 is 5.97 Å². The van der Waals surface area contributed by atoms with Gasteiger partial charge in [0.2, 0.25) is 0 Å². The molecule has 0 atom stereocenters. The number of alkyl halides is 1. The predicted octanol–water partition coefficient (Wildman–Crippen LogP) is 6.04. The Kier molecular flexibility index (Phi) is 6.48. The zero-order valence-corrected chi connectivity index (χ0v) is 16.8. The van der Waals surface area contributed by atoms with Gasteiger partial charge in [-0.3, -0.25) is 4.79 Å². The summed E-state index contributed by atoms with van der Waals surface area (Å²) < 4.78 is 0. The van der Waals surface area contributed by atoms with Crippen molar-refractivity contribution in [3.05, 3.63) is 35.4 Å². The third kappa shape index (κ3) is 3.87. The summed E-state index contributed by atoms with van der Waals surface area (Å²) in [5, 5.41) is 18.7. The average Bonchev–Trinajstić information content (AvgIpc) is 2.73. The Labute approximate surface area is 167 Å². The van der Waals surface area contributed by atoms with Gasteiger partial charge in [-0.1, -0.05) is 31.4 Å². The minimum Gasteiger partial charge on any atom is -0.481 e. The largest absolute Gasteiger partial charge is 0.481 e. The highest BCUT2D eigenvalue weighted by Crippen LogP contribution is 2.60. The molecule has 2 aliphatic rings. The molecule has 4 heteroatoms. The van der Waals surface area contributed by atoms with E-state index in [0.717, 1.165) is 38.5 Å². The van der Waals surface area contributed by atoms with Gasteiger partial charge in [-0.05, 0) is 74.5 Å². The summed E-state index contributed by atoms with van der Waals surface area (Å²) in [4.78, 5) is 11.6. The van der Waals surface area contributed by atoms with Crippen molar-refractivity contribution in [3.63, 3.8) is 0 Å². The van der Waals surface area contributed by atoms with E-state index in [1.54, 1.807) is 0 Å². The number of rotatable bonds is 6. The Bertz CT molecular complexity index is 677. The molecule has 3 rings (SSSR count). The topological polar surface area (TPSA) is 61.1 Å². The molecule has 0 aliphatic heterocycles. The lowest BCUT2D eigenvalue weighted by molar-refractivity contribution is -0.144. The van der Waals surface area contributed by atoms with Gasteiger partial charge in [-0.25, -0.2) is 0 Å². The lowest BCUT2D eigenvalue weighted by Crippen LogP contribution is -2.50. The van der Waals surface area contributed by atoms with Crippen molar-refractivity contribution in [1.82, 2.24) is 0 Å². The van der Waals surface area contributed by atoms with Crippen molar-refractivity contribution < 1.29 is 9.90 Å². The van der Waals surface area contributed by atoms with Gasteiger partial charge in [0, 0.05) is 11.3 Å². The fraction of sp³-hybridized carbons (Fsp3) is 0.652. The van der Waals surface area contributed by atoms with Gasteiger partial charge in [0.25, 0.3) is 0 Å². The summed E-state index contributed by atoms with van der Waals surface area (Å²) in [6, 6.07) is 10.3. The molecule has 0 heterocycles. The van der Waals surface area contributed by atoms with Crippen LogP contribution in [0.3, 0.4) is 0 Å². The van der Waals surface area contributed by atoms with Crippen LogP contribution >= 0.6 is 11.6 Å². The highest BCUT2D eigenvalue weighted by molar-refractivity contribution is 6.17. The van der Waals surface area contributed by atoms with E-state index >= 15 is 0 Å². The number of carbonyl (C=O) groups is 1. The molecule has 2 saturated carbocycles. The van der Waals surface area contributed by atoms with Crippen LogP contribution in [0, 0.1) is 22.7 Å². The molecule has 0 bridgehead atoms. The van der Waals surface area contributed by atoms with Gasteiger partial charge in [-0.2, -0.15) is 5.26 Å². The van der Waals surface area contributed by atoms with Gasteiger partial charge in [0.15, 0.2) is 0 Å². The lowest BCUT2D eigenvalue weighted by Gasteiger charge is -2.56. The summed E-state index contributed by atoms with van der Waals surface area (Å²) in [5.74, 6) is -0.185. The minimum absolute atomic E-state index is 0.0133. The number of carboxylic acid groups (broad SMARTS) is 1. The molecule has 0 aromatic heterocycles. The van der Waals surface area contributed by atoms with Gasteiger partial charge in [0.1, 0.15) is 0 Å². The smallest absolute Gasteiger partial charge is 0.306 e. The summed E-state index contributed by atoms with van der Waals surface area (Å²) in [6.07, 6.45) is 11.7. The van der Waals surface area contributed by atoms with Crippen LogP contribution in [-0.2, 0) is 10.2 Å². The second-order valence-corrected chi connectivity index (χ2v) is 8.90. The van der Waals surface area contributed by atoms with Crippen LogP contribution in [0.1, 0.15) is 81.8 Å². The number of nitriles is 1. The molecular weight excluding hydrogens is 358 g/mol. The Morgan fingerprint density at radius 2 is 1.74 bits per heavy atom. The number of nitrogens with zero attached hydrogens (tertiary/aromatic N) is 1. The van der Waals surface area contributed by atoms with Crippen molar-refractivity contribution >= 4 is 17.6 Å². The molecular formula is C23H30ClNO2. The molecule has 1 N–H and O–H groups in total. The Morgan fingerprint density at radius 1 is 1.11 bits per heavy atom. The van der Waals surface area contributed by atoms with E-state index in [1.165, 1.54) is 37.7 Å². The van der Waals surface area contributed by atoms with Crippen LogP contribution in [0.2, 0.25) is 0 Å². The van der Waals surface area contributed by atoms with E-state index in [2.05, 4.69) is 18.2 Å². The molecule has 0 unspecified atom stereocenters. The summed E-state index contributed by atoms with van der Waals surface area (Å²) in [7, 11) is 0. The monoisotopic (exact) mass is 387 g/mol. The second kappa shape index (κ2) is 8.65. The molecule has 2 aliphatic carbocycles. The molecule has 2 fully saturated rings. The van der Waals surface area contributed by atoms with Crippen molar-refractivity contribution in [2.24, 2.45) is 11.3 Å². The first-order chi connectivity index (χ1) is 13.1. The first-order valence-corrected chi connectivity index (χ1v) is 10.9. The maximum Gasteiger partial charge on any atom is 0.306 e.